The van der Waals surface area contributed by atoms with Crippen molar-refractivity contribution >= 4 is 5.69 Å². The predicted molar refractivity (Wildman–Crippen MR) is 48.2 cm³/mol. The van der Waals surface area contributed by atoms with E-state index in [0.717, 1.165) is 0 Å². The van der Waals surface area contributed by atoms with Crippen LogP contribution >= 0.6 is 0 Å². The van der Waals surface area contributed by atoms with E-state index in [1.807, 2.05) is 0 Å². The molecule has 3 nitrogen and oxygen atoms in total. The minimum atomic E-state index is -3.84. The van der Waals surface area contributed by atoms with Crippen LogP contribution in [0.3, 0.4) is 0 Å². The number of nitrogens with two attached hydrogens (primary N) is 1. The first kappa shape index (κ1) is 11.6. The molecule has 0 spiro atoms. The molecule has 0 unspecified atom stereocenters. The molecule has 0 aromatic heterocycles. The number of rotatable bonds is 4. The molecular formula is C9H10F3NO2. The summed E-state index contributed by atoms with van der Waals surface area (Å²) in [6, 6.07) is 3.94. The summed E-state index contributed by atoms with van der Waals surface area (Å²) in [7, 11) is 0. The molecule has 0 heterocycles. The Bertz CT molecular complexity index is 344. The maximum absolute atomic E-state index is 12.4. The van der Waals surface area contributed by atoms with E-state index < -0.39 is 19.4 Å². The van der Waals surface area contributed by atoms with Crippen LogP contribution in [0.25, 0.3) is 0 Å². The van der Waals surface area contributed by atoms with Crippen LogP contribution in [0.4, 0.5) is 18.9 Å². The third kappa shape index (κ3) is 3.32. The Morgan fingerprint density at radius 2 is 2.07 bits per heavy atom. The van der Waals surface area contributed by atoms with Gasteiger partial charge in [-0.05, 0) is 18.2 Å². The molecule has 0 bridgehead atoms. The fraction of sp³-hybridized carbons (Fsp3) is 0.333. The first-order valence-corrected chi connectivity index (χ1v) is 4.10. The zero-order chi connectivity index (χ0) is 11.5. The first-order chi connectivity index (χ1) is 6.94. The number of phenolic OH excluding ortho intramolecular Hbond substituents is 1. The maximum Gasteiger partial charge on any atom is 0.384 e. The van der Waals surface area contributed by atoms with Crippen LogP contribution in [-0.4, -0.2) is 17.9 Å². The lowest BCUT2D eigenvalue weighted by molar-refractivity contribution is -0.252. The summed E-state index contributed by atoms with van der Waals surface area (Å²) in [6.07, 6.45) is -3.84. The number of phenols is 1. The number of nitrogen functional groups attached to an aromatic ring is 1. The Balaban J connectivity index is 2.69. The minimum Gasteiger partial charge on any atom is -0.508 e. The Kier molecular flexibility index (Phi) is 3.41. The van der Waals surface area contributed by atoms with Crippen LogP contribution in [0.5, 0.6) is 5.75 Å². The van der Waals surface area contributed by atoms with Crippen LogP contribution in [0.1, 0.15) is 5.56 Å². The van der Waals surface area contributed by atoms with Crippen molar-refractivity contribution in [2.45, 2.75) is 12.7 Å². The Morgan fingerprint density at radius 1 is 1.40 bits per heavy atom. The molecular weight excluding hydrogens is 211 g/mol. The van der Waals surface area contributed by atoms with Gasteiger partial charge in [0.05, 0.1) is 6.61 Å². The topological polar surface area (TPSA) is 55.5 Å². The van der Waals surface area contributed by atoms with E-state index in [9.17, 15) is 18.3 Å². The van der Waals surface area contributed by atoms with Crippen LogP contribution in [-0.2, 0) is 11.3 Å². The summed E-state index contributed by atoms with van der Waals surface area (Å²) in [5.41, 5.74) is 5.76. The fourth-order valence-corrected chi connectivity index (χ4v) is 0.943. The number of hydrogen-bond acceptors (Lipinski definition) is 3. The normalized spacial score (nSPS) is 11.7. The van der Waals surface area contributed by atoms with E-state index in [1.54, 1.807) is 0 Å². The third-order valence-corrected chi connectivity index (χ3v) is 1.70. The molecule has 0 aliphatic carbocycles. The van der Waals surface area contributed by atoms with E-state index in [2.05, 4.69) is 4.74 Å². The summed E-state index contributed by atoms with van der Waals surface area (Å²) >= 11 is 0. The molecule has 0 saturated heterocycles. The minimum absolute atomic E-state index is 0.0862. The van der Waals surface area contributed by atoms with Crippen molar-refractivity contribution in [2.24, 2.45) is 0 Å². The highest BCUT2D eigenvalue weighted by molar-refractivity contribution is 5.46. The van der Waals surface area contributed by atoms with E-state index in [1.165, 1.54) is 18.2 Å². The average molecular weight is 221 g/mol. The second-order valence-electron chi connectivity index (χ2n) is 2.95. The van der Waals surface area contributed by atoms with E-state index in [4.69, 9.17) is 5.73 Å². The van der Waals surface area contributed by atoms with Crippen molar-refractivity contribution in [3.8, 4) is 5.75 Å². The Hall–Kier alpha value is -1.43. The van der Waals surface area contributed by atoms with Crippen LogP contribution < -0.4 is 5.73 Å². The molecule has 1 aromatic carbocycles. The van der Waals surface area contributed by atoms with Gasteiger partial charge in [-0.3, -0.25) is 0 Å². The van der Waals surface area contributed by atoms with Gasteiger partial charge in [-0.2, -0.15) is 8.78 Å². The molecule has 84 valence electrons. The van der Waals surface area contributed by atoms with Crippen molar-refractivity contribution in [1.82, 2.24) is 0 Å². The summed E-state index contributed by atoms with van der Waals surface area (Å²) < 4.78 is 40.4. The zero-order valence-electron chi connectivity index (χ0n) is 7.71. The molecule has 1 rings (SSSR count). The summed E-state index contributed by atoms with van der Waals surface area (Å²) in [5, 5.41) is 9.23. The van der Waals surface area contributed by atoms with Gasteiger partial charge in [-0.15, -0.1) is 0 Å². The van der Waals surface area contributed by atoms with Gasteiger partial charge < -0.3 is 15.6 Å². The molecule has 0 amide bonds. The van der Waals surface area contributed by atoms with Crippen molar-refractivity contribution < 1.29 is 23.0 Å². The van der Waals surface area contributed by atoms with Gasteiger partial charge in [0, 0.05) is 11.3 Å². The number of benzene rings is 1. The smallest absolute Gasteiger partial charge is 0.384 e. The molecule has 0 fully saturated rings. The molecule has 0 radical (unpaired) electrons. The average Bonchev–Trinajstić information content (AvgIpc) is 2.20. The van der Waals surface area contributed by atoms with Gasteiger partial charge in [0.25, 0.3) is 0 Å². The lowest BCUT2D eigenvalue weighted by atomic mass is 10.2. The second kappa shape index (κ2) is 4.39. The summed E-state index contributed by atoms with van der Waals surface area (Å²) in [6.45, 7) is -2.51. The SMILES string of the molecule is Nc1ccc(O)c(COC(F)(F)CF)c1. The van der Waals surface area contributed by atoms with Crippen molar-refractivity contribution in [2.75, 3.05) is 12.4 Å². The van der Waals surface area contributed by atoms with Crippen LogP contribution in [0.2, 0.25) is 0 Å². The molecule has 0 aliphatic rings. The number of ether oxygens (including phenoxy) is 1. The number of anilines is 1. The molecule has 3 N–H and O–H groups in total. The molecule has 0 aliphatic heterocycles. The molecule has 0 saturated carbocycles. The van der Waals surface area contributed by atoms with Gasteiger partial charge in [0.1, 0.15) is 5.75 Å². The van der Waals surface area contributed by atoms with Gasteiger partial charge in [0.2, 0.25) is 0 Å². The lowest BCUT2D eigenvalue weighted by Gasteiger charge is -2.13. The second-order valence-corrected chi connectivity index (χ2v) is 2.95. The lowest BCUT2D eigenvalue weighted by Crippen LogP contribution is -2.22. The number of hydrogen-bond donors (Lipinski definition) is 2. The highest BCUT2D eigenvalue weighted by atomic mass is 19.3. The van der Waals surface area contributed by atoms with Crippen LogP contribution in [0.15, 0.2) is 18.2 Å². The number of alkyl halides is 3. The molecule has 0 atom stereocenters. The highest BCUT2D eigenvalue weighted by Gasteiger charge is 2.30. The summed E-state index contributed by atoms with van der Waals surface area (Å²) in [5.74, 6) is -0.223. The van der Waals surface area contributed by atoms with Crippen molar-refractivity contribution in [3.05, 3.63) is 23.8 Å². The standard InChI is InChI=1S/C9H10F3NO2/c10-5-9(11,12)15-4-6-3-7(13)1-2-8(6)14/h1-3,14H,4-5,13H2. The van der Waals surface area contributed by atoms with Crippen LogP contribution in [0, 0.1) is 0 Å². The maximum atomic E-state index is 12.4. The Morgan fingerprint density at radius 3 is 2.67 bits per heavy atom. The van der Waals surface area contributed by atoms with Crippen molar-refractivity contribution in [3.63, 3.8) is 0 Å². The van der Waals surface area contributed by atoms with Gasteiger partial charge in [-0.25, -0.2) is 4.39 Å². The monoisotopic (exact) mass is 221 g/mol. The zero-order valence-corrected chi connectivity index (χ0v) is 7.71. The highest BCUT2D eigenvalue weighted by Crippen LogP contribution is 2.24. The van der Waals surface area contributed by atoms with Crippen molar-refractivity contribution in [1.29, 1.82) is 0 Å². The van der Waals surface area contributed by atoms with E-state index in [-0.39, 0.29) is 11.3 Å². The van der Waals surface area contributed by atoms with Gasteiger partial charge >= 0.3 is 6.11 Å². The van der Waals surface area contributed by atoms with E-state index >= 15 is 0 Å². The third-order valence-electron chi connectivity index (χ3n) is 1.70. The number of aromatic hydroxyl groups is 1. The largest absolute Gasteiger partial charge is 0.508 e. The quantitative estimate of drug-likeness (QED) is 0.604. The van der Waals surface area contributed by atoms with E-state index in [0.29, 0.717) is 5.69 Å². The number of halogens is 3. The fourth-order valence-electron chi connectivity index (χ4n) is 0.943. The van der Waals surface area contributed by atoms with Gasteiger partial charge in [0.15, 0.2) is 6.67 Å². The summed E-state index contributed by atoms with van der Waals surface area (Å²) in [4.78, 5) is 0. The first-order valence-electron chi connectivity index (χ1n) is 4.10. The molecule has 6 heteroatoms. The van der Waals surface area contributed by atoms with Gasteiger partial charge in [-0.1, -0.05) is 0 Å². The molecule has 1 aromatic rings. The Labute approximate surface area is 84.3 Å². The molecule has 15 heavy (non-hydrogen) atoms. The predicted octanol–water partition coefficient (Wildman–Crippen LogP) is 2.05.